The second kappa shape index (κ2) is 14.3. The molecule has 0 radical (unpaired) electrons. The maximum atomic E-state index is 6.98. The van der Waals surface area contributed by atoms with Crippen molar-refractivity contribution in [3.63, 3.8) is 0 Å². The van der Waals surface area contributed by atoms with Gasteiger partial charge in [0.2, 0.25) is 0 Å². The molecule has 2 unspecified atom stereocenters. The minimum atomic E-state index is -3.72. The highest BCUT2D eigenvalue weighted by Crippen LogP contribution is 2.44. The topological polar surface area (TPSA) is 73.8 Å². The molecule has 2 rings (SSSR count). The van der Waals surface area contributed by atoms with Crippen LogP contribution >= 0.6 is 0 Å². The zero-order valence-corrected chi connectivity index (χ0v) is 23.8. The predicted octanol–water partition coefficient (Wildman–Crippen LogP) is 4.20. The molecule has 9 heteroatoms. The summed E-state index contributed by atoms with van der Waals surface area (Å²) < 4.78 is 49.9. The first-order valence-corrected chi connectivity index (χ1v) is 14.0. The summed E-state index contributed by atoms with van der Waals surface area (Å²) in [6, 6.07) is 19.0. The molecule has 0 spiro atoms. The maximum Gasteiger partial charge on any atom is 0.539 e. The van der Waals surface area contributed by atoms with Gasteiger partial charge in [0.25, 0.3) is 5.79 Å². The molecule has 8 nitrogen and oxygen atoms in total. The van der Waals surface area contributed by atoms with Gasteiger partial charge in [-0.05, 0) is 34.6 Å². The molecular formula is C27H42O8Si. The molecule has 0 saturated carbocycles. The van der Waals surface area contributed by atoms with Gasteiger partial charge in [0.05, 0.1) is 25.4 Å². The Morgan fingerprint density at radius 1 is 0.722 bits per heavy atom. The molecule has 0 saturated heterocycles. The van der Waals surface area contributed by atoms with Crippen LogP contribution in [0.3, 0.4) is 0 Å². The van der Waals surface area contributed by atoms with E-state index in [-0.39, 0.29) is 18.8 Å². The van der Waals surface area contributed by atoms with E-state index >= 15 is 0 Å². The second-order valence-electron chi connectivity index (χ2n) is 8.54. The molecule has 2 aromatic carbocycles. The van der Waals surface area contributed by atoms with Crippen molar-refractivity contribution in [1.82, 2.24) is 0 Å². The predicted molar refractivity (Wildman–Crippen MR) is 140 cm³/mol. The normalized spacial score (nSPS) is 15.7. The summed E-state index contributed by atoms with van der Waals surface area (Å²) >= 11 is 0. The number of methoxy groups -OCH3 is 3. The van der Waals surface area contributed by atoms with Crippen molar-refractivity contribution in [1.29, 1.82) is 0 Å². The van der Waals surface area contributed by atoms with E-state index in [1.165, 1.54) is 21.3 Å². The highest BCUT2D eigenvalue weighted by molar-refractivity contribution is 6.75. The summed E-state index contributed by atoms with van der Waals surface area (Å²) in [6.07, 6.45) is -0.238. The van der Waals surface area contributed by atoms with Crippen LogP contribution in [0.4, 0.5) is 0 Å². The fourth-order valence-corrected chi connectivity index (χ4v) is 6.57. The van der Waals surface area contributed by atoms with Crippen LogP contribution < -0.4 is 5.19 Å². The Morgan fingerprint density at radius 3 is 1.78 bits per heavy atom. The molecule has 0 aliphatic heterocycles. The Morgan fingerprint density at radius 2 is 1.31 bits per heavy atom. The van der Waals surface area contributed by atoms with Gasteiger partial charge in [0.15, 0.2) is 0 Å². The molecule has 2 atom stereocenters. The zero-order valence-electron chi connectivity index (χ0n) is 22.8. The van der Waals surface area contributed by atoms with Gasteiger partial charge < -0.3 is 37.0 Å². The van der Waals surface area contributed by atoms with Crippen molar-refractivity contribution in [2.75, 3.05) is 41.2 Å². The molecule has 0 aliphatic rings. The fourth-order valence-electron chi connectivity index (χ4n) is 3.88. The third-order valence-electron chi connectivity index (χ3n) is 5.34. The summed E-state index contributed by atoms with van der Waals surface area (Å²) in [7, 11) is 0.758. The van der Waals surface area contributed by atoms with Crippen molar-refractivity contribution in [3.8, 4) is 0 Å². The largest absolute Gasteiger partial charge is 0.539 e. The molecule has 0 bridgehead atoms. The number of rotatable bonds is 17. The average molecular weight is 523 g/mol. The number of ether oxygens (including phenoxy) is 5. The Kier molecular flexibility index (Phi) is 12.2. The van der Waals surface area contributed by atoms with Crippen LogP contribution in [0.2, 0.25) is 0 Å². The van der Waals surface area contributed by atoms with Crippen LogP contribution in [0.5, 0.6) is 0 Å². The lowest BCUT2D eigenvalue weighted by molar-refractivity contribution is -0.488. The van der Waals surface area contributed by atoms with E-state index in [2.05, 4.69) is 0 Å². The minimum Gasteiger partial charge on any atom is -0.376 e. The van der Waals surface area contributed by atoms with Crippen LogP contribution in [0.25, 0.3) is 0 Å². The van der Waals surface area contributed by atoms with Crippen LogP contribution in [-0.4, -0.2) is 68.1 Å². The summed E-state index contributed by atoms with van der Waals surface area (Å²) in [6.45, 7) is 10.5. The van der Waals surface area contributed by atoms with Gasteiger partial charge in [-0.1, -0.05) is 60.7 Å². The third kappa shape index (κ3) is 7.00. The van der Waals surface area contributed by atoms with Crippen LogP contribution in [0, 0.1) is 0 Å². The van der Waals surface area contributed by atoms with Gasteiger partial charge in [-0.25, -0.2) is 0 Å². The lowest BCUT2D eigenvalue weighted by Gasteiger charge is -2.49. The zero-order chi connectivity index (χ0) is 26.7. The van der Waals surface area contributed by atoms with Gasteiger partial charge in [-0.2, -0.15) is 0 Å². The summed E-state index contributed by atoms with van der Waals surface area (Å²) in [5.41, 5.74) is 0.603. The molecule has 0 amide bonds. The highest BCUT2D eigenvalue weighted by atomic mass is 28.4. The van der Waals surface area contributed by atoms with E-state index in [4.69, 9.17) is 37.0 Å². The smallest absolute Gasteiger partial charge is 0.376 e. The summed E-state index contributed by atoms with van der Waals surface area (Å²) in [4.78, 5) is 0. The average Bonchev–Trinajstić information content (AvgIpc) is 2.89. The first-order valence-electron chi connectivity index (χ1n) is 12.3. The Hall–Kier alpha value is -1.66. The van der Waals surface area contributed by atoms with E-state index in [1.807, 2.05) is 95.3 Å². The number of benzene rings is 2. The van der Waals surface area contributed by atoms with E-state index in [0.29, 0.717) is 18.8 Å². The monoisotopic (exact) mass is 522 g/mol. The van der Waals surface area contributed by atoms with Crippen molar-refractivity contribution >= 4 is 14.0 Å². The fraction of sp³-hybridized carbons (Fsp3) is 0.556. The lowest BCUT2D eigenvalue weighted by Crippen LogP contribution is -2.68. The van der Waals surface area contributed by atoms with Gasteiger partial charge in [-0.15, -0.1) is 0 Å². The Labute approximate surface area is 217 Å². The van der Waals surface area contributed by atoms with Gasteiger partial charge in [0, 0.05) is 38.7 Å². The second-order valence-corrected chi connectivity index (χ2v) is 11.0. The molecule has 0 aromatic heterocycles. The molecule has 2 aromatic rings. The van der Waals surface area contributed by atoms with Gasteiger partial charge in [0.1, 0.15) is 0 Å². The standard InChI is InChI=1S/C27H42O8Si/c1-9-32-36(25-18-14-11-15-19-25,33-21-20-31-22(2)3)35-26(28-6,24-16-12-10-13-17-24)27(29-7,30-8)34-23(4)5/h10-19,22-23H,9,20-21H2,1-8H3. The molecule has 0 heterocycles. The lowest BCUT2D eigenvalue weighted by atomic mass is 10.0. The van der Waals surface area contributed by atoms with E-state index in [9.17, 15) is 0 Å². The molecule has 36 heavy (non-hydrogen) atoms. The van der Waals surface area contributed by atoms with E-state index in [0.717, 1.165) is 5.19 Å². The van der Waals surface area contributed by atoms with E-state index < -0.39 is 20.6 Å². The van der Waals surface area contributed by atoms with Crippen LogP contribution in [0.1, 0.15) is 40.2 Å². The first kappa shape index (κ1) is 30.6. The minimum absolute atomic E-state index is 0.0610. The molecular weight excluding hydrogens is 480 g/mol. The van der Waals surface area contributed by atoms with E-state index in [1.54, 1.807) is 0 Å². The molecule has 0 aliphatic carbocycles. The van der Waals surface area contributed by atoms with Crippen LogP contribution in [0.15, 0.2) is 60.7 Å². The molecule has 0 N–H and O–H groups in total. The van der Waals surface area contributed by atoms with Gasteiger partial charge >= 0.3 is 14.8 Å². The van der Waals surface area contributed by atoms with Crippen molar-refractivity contribution < 1.29 is 37.0 Å². The quantitative estimate of drug-likeness (QED) is 0.174. The maximum absolute atomic E-state index is 6.98. The van der Waals surface area contributed by atoms with Crippen molar-refractivity contribution in [2.24, 2.45) is 0 Å². The molecule has 202 valence electrons. The SMILES string of the molecule is CCO[Si](OCCOC(C)C)(OC(OC)(c1ccccc1)C(OC)(OC)OC(C)C)c1ccccc1. The van der Waals surface area contributed by atoms with Crippen molar-refractivity contribution in [2.45, 2.75) is 58.6 Å². The molecule has 0 fully saturated rings. The first-order chi connectivity index (χ1) is 17.2. The Balaban J connectivity index is 2.75. The van der Waals surface area contributed by atoms with Crippen molar-refractivity contribution in [3.05, 3.63) is 66.2 Å². The van der Waals surface area contributed by atoms with Crippen LogP contribution in [-0.2, 0) is 42.7 Å². The Bertz CT molecular complexity index is 863. The third-order valence-corrected chi connectivity index (χ3v) is 8.19. The number of hydrogen-bond donors (Lipinski definition) is 0. The number of hydrogen-bond acceptors (Lipinski definition) is 8. The highest BCUT2D eigenvalue weighted by Gasteiger charge is 2.65. The van der Waals surface area contributed by atoms with Gasteiger partial charge in [-0.3, -0.25) is 0 Å². The summed E-state index contributed by atoms with van der Waals surface area (Å²) in [5.74, 6) is -3.54. The summed E-state index contributed by atoms with van der Waals surface area (Å²) in [5, 5.41) is 0.749.